The van der Waals surface area contributed by atoms with Gasteiger partial charge in [-0.25, -0.2) is 0 Å². The zero-order valence-electron chi connectivity index (χ0n) is 11.1. The maximum absolute atomic E-state index is 12.0. The number of benzene rings is 2. The maximum atomic E-state index is 12.0. The maximum Gasteiger partial charge on any atom is 0.270 e. The van der Waals surface area contributed by atoms with Gasteiger partial charge >= 0.3 is 0 Å². The van der Waals surface area contributed by atoms with Gasteiger partial charge in [0.25, 0.3) is 11.8 Å². The third-order valence-electron chi connectivity index (χ3n) is 2.84. The molecule has 0 spiro atoms. The van der Waals surface area contributed by atoms with Crippen LogP contribution in [0.25, 0.3) is 0 Å². The number of hydrogen-bond donors (Lipinski definition) is 2. The number of hydrogen-bond acceptors (Lipinski definition) is 2. The highest BCUT2D eigenvalue weighted by molar-refractivity contribution is 14.1. The minimum atomic E-state index is -0.341. The molecule has 0 aliphatic rings. The molecule has 2 N–H and O–H groups in total. The van der Waals surface area contributed by atoms with Crippen molar-refractivity contribution in [2.75, 3.05) is 0 Å². The summed E-state index contributed by atoms with van der Waals surface area (Å²) in [6.45, 7) is 1.97. The van der Waals surface area contributed by atoms with E-state index in [-0.39, 0.29) is 11.8 Å². The summed E-state index contributed by atoms with van der Waals surface area (Å²) in [6, 6.07) is 12.6. The lowest BCUT2D eigenvalue weighted by Gasteiger charge is -2.09. The minimum Gasteiger partial charge on any atom is -0.267 e. The van der Waals surface area contributed by atoms with E-state index in [1.165, 1.54) is 0 Å². The van der Waals surface area contributed by atoms with E-state index >= 15 is 0 Å². The van der Waals surface area contributed by atoms with Gasteiger partial charge in [-0.15, -0.1) is 0 Å². The van der Waals surface area contributed by atoms with Crippen molar-refractivity contribution in [1.29, 1.82) is 0 Å². The van der Waals surface area contributed by atoms with Crippen molar-refractivity contribution in [3.05, 3.63) is 66.3 Å². The number of amides is 2. The fraction of sp³-hybridized carbons (Fsp3) is 0.0667. The molecule has 6 heteroatoms. The normalized spacial score (nSPS) is 10.0. The van der Waals surface area contributed by atoms with Gasteiger partial charge in [0.05, 0.1) is 5.56 Å². The van der Waals surface area contributed by atoms with Gasteiger partial charge < -0.3 is 0 Å². The first kappa shape index (κ1) is 16.2. The number of carbonyl (C=O) groups is 2. The number of aryl methyl sites for hydroxylation is 1. The molecule has 0 radical (unpaired) electrons. The Bertz CT molecular complexity index is 702. The van der Waals surface area contributed by atoms with Gasteiger partial charge in [0.2, 0.25) is 0 Å². The number of halogens is 2. The zero-order valence-corrected chi connectivity index (χ0v) is 15.4. The van der Waals surface area contributed by atoms with E-state index in [1.807, 2.05) is 25.1 Å². The largest absolute Gasteiger partial charge is 0.270 e. The Morgan fingerprint density at radius 3 is 2.24 bits per heavy atom. The first-order chi connectivity index (χ1) is 9.99. The smallest absolute Gasteiger partial charge is 0.267 e. The monoisotopic (exact) mass is 506 g/mol. The molecule has 0 bridgehead atoms. The van der Waals surface area contributed by atoms with Crippen molar-refractivity contribution >= 4 is 57.0 Å². The van der Waals surface area contributed by atoms with Crippen molar-refractivity contribution in [3.63, 3.8) is 0 Å². The van der Waals surface area contributed by atoms with Gasteiger partial charge in [0.1, 0.15) is 0 Å². The molecule has 2 aromatic rings. The first-order valence-electron chi connectivity index (χ1n) is 6.10. The van der Waals surface area contributed by atoms with E-state index in [1.54, 1.807) is 24.3 Å². The van der Waals surface area contributed by atoms with Crippen LogP contribution in [-0.2, 0) is 0 Å². The van der Waals surface area contributed by atoms with Crippen molar-refractivity contribution in [3.8, 4) is 0 Å². The Balaban J connectivity index is 2.02. The van der Waals surface area contributed by atoms with Crippen LogP contribution in [0.4, 0.5) is 0 Å². The van der Waals surface area contributed by atoms with Crippen LogP contribution in [0.2, 0.25) is 0 Å². The lowest BCUT2D eigenvalue weighted by molar-refractivity contribution is 0.0846. The molecular formula is C15H12I2N2O2. The fourth-order valence-electron chi connectivity index (χ4n) is 1.63. The summed E-state index contributed by atoms with van der Waals surface area (Å²) in [4.78, 5) is 24.0. The molecule has 2 amide bonds. The van der Waals surface area contributed by atoms with Crippen LogP contribution in [-0.4, -0.2) is 11.8 Å². The molecule has 21 heavy (non-hydrogen) atoms. The molecule has 2 aromatic carbocycles. The van der Waals surface area contributed by atoms with E-state index in [9.17, 15) is 9.59 Å². The molecule has 0 unspecified atom stereocenters. The highest BCUT2D eigenvalue weighted by Gasteiger charge is 2.11. The average molecular weight is 506 g/mol. The summed E-state index contributed by atoms with van der Waals surface area (Å²) >= 11 is 4.25. The number of rotatable bonds is 2. The lowest BCUT2D eigenvalue weighted by atomic mass is 10.1. The van der Waals surface area contributed by atoms with Crippen molar-refractivity contribution in [1.82, 2.24) is 10.9 Å². The van der Waals surface area contributed by atoms with Crippen molar-refractivity contribution < 1.29 is 9.59 Å². The molecule has 0 fully saturated rings. The number of hydrazine groups is 1. The molecule has 0 aromatic heterocycles. The average Bonchev–Trinajstić information content (AvgIpc) is 2.47. The number of nitrogens with one attached hydrogen (secondary N) is 2. The molecule has 4 nitrogen and oxygen atoms in total. The van der Waals surface area contributed by atoms with Gasteiger partial charge in [-0.1, -0.05) is 18.2 Å². The molecule has 108 valence electrons. The second kappa shape index (κ2) is 7.21. The van der Waals surface area contributed by atoms with Gasteiger partial charge in [-0.05, 0) is 81.9 Å². The van der Waals surface area contributed by atoms with Crippen LogP contribution < -0.4 is 10.9 Å². The van der Waals surface area contributed by atoms with Crippen molar-refractivity contribution in [2.45, 2.75) is 6.92 Å². The summed E-state index contributed by atoms with van der Waals surface area (Å²) in [6.07, 6.45) is 0. The fourth-order valence-corrected chi connectivity index (χ4v) is 2.78. The highest BCUT2D eigenvalue weighted by Crippen LogP contribution is 2.13. The van der Waals surface area contributed by atoms with Crippen LogP contribution >= 0.6 is 45.2 Å². The molecule has 0 atom stereocenters. The lowest BCUT2D eigenvalue weighted by Crippen LogP contribution is -2.41. The van der Waals surface area contributed by atoms with E-state index in [0.717, 1.165) is 12.7 Å². The molecular weight excluding hydrogens is 494 g/mol. The molecule has 2 rings (SSSR count). The van der Waals surface area contributed by atoms with Crippen molar-refractivity contribution in [2.24, 2.45) is 0 Å². The summed E-state index contributed by atoms with van der Waals surface area (Å²) in [5, 5.41) is 0. The first-order valence-corrected chi connectivity index (χ1v) is 8.26. The van der Waals surface area contributed by atoms with E-state index in [0.29, 0.717) is 11.1 Å². The number of carbonyl (C=O) groups excluding carboxylic acids is 2. The Morgan fingerprint density at radius 1 is 0.905 bits per heavy atom. The Hall–Kier alpha value is -1.16. The van der Waals surface area contributed by atoms with E-state index in [2.05, 4.69) is 56.0 Å². The second-order valence-electron chi connectivity index (χ2n) is 4.35. The third-order valence-corrected chi connectivity index (χ3v) is 4.94. The quantitative estimate of drug-likeness (QED) is 0.486. The van der Waals surface area contributed by atoms with Gasteiger partial charge in [-0.2, -0.15) is 0 Å². The van der Waals surface area contributed by atoms with Crippen LogP contribution in [0.3, 0.4) is 0 Å². The Kier molecular flexibility index (Phi) is 5.57. The van der Waals surface area contributed by atoms with Crippen LogP contribution in [0, 0.1) is 14.1 Å². The topological polar surface area (TPSA) is 58.2 Å². The molecule has 0 saturated carbocycles. The van der Waals surface area contributed by atoms with Gasteiger partial charge in [0.15, 0.2) is 0 Å². The minimum absolute atomic E-state index is 0.338. The van der Waals surface area contributed by atoms with Gasteiger partial charge in [0, 0.05) is 12.7 Å². The van der Waals surface area contributed by atoms with Crippen LogP contribution in [0.1, 0.15) is 26.3 Å². The van der Waals surface area contributed by atoms with E-state index in [4.69, 9.17) is 0 Å². The summed E-state index contributed by atoms with van der Waals surface area (Å²) in [7, 11) is 0. The SMILES string of the molecule is Cc1ccc(C(=O)NNC(=O)c2ccccc2I)cc1I. The summed E-state index contributed by atoms with van der Waals surface area (Å²) < 4.78 is 1.83. The molecule has 0 aliphatic heterocycles. The molecule has 0 heterocycles. The second-order valence-corrected chi connectivity index (χ2v) is 6.68. The van der Waals surface area contributed by atoms with Crippen LogP contribution in [0.5, 0.6) is 0 Å². The highest BCUT2D eigenvalue weighted by atomic mass is 127. The van der Waals surface area contributed by atoms with Gasteiger partial charge in [-0.3, -0.25) is 20.4 Å². The standard InChI is InChI=1S/C15H12I2N2O2/c1-9-6-7-10(8-13(9)17)14(20)18-19-15(21)11-4-2-3-5-12(11)16/h2-8H,1H3,(H,18,20)(H,19,21). The Morgan fingerprint density at radius 2 is 1.57 bits per heavy atom. The predicted molar refractivity (Wildman–Crippen MR) is 98.0 cm³/mol. The zero-order chi connectivity index (χ0) is 15.4. The Labute approximate surface area is 149 Å². The molecule has 0 aliphatic carbocycles. The molecule has 0 saturated heterocycles. The predicted octanol–water partition coefficient (Wildman–Crippen LogP) is 3.28. The van der Waals surface area contributed by atoms with Crippen LogP contribution in [0.15, 0.2) is 42.5 Å². The van der Waals surface area contributed by atoms with E-state index < -0.39 is 0 Å². The summed E-state index contributed by atoms with van der Waals surface area (Å²) in [5.74, 6) is -0.678. The summed E-state index contributed by atoms with van der Waals surface area (Å²) in [5.41, 5.74) is 6.99. The third kappa shape index (κ3) is 4.16.